The second kappa shape index (κ2) is 11.4. The van der Waals surface area contributed by atoms with Crippen LogP contribution in [0.25, 0.3) is 61.6 Å². The number of pyridine rings is 1. The zero-order chi connectivity index (χ0) is 30.4. The third-order valence-electron chi connectivity index (χ3n) is 6.75. The van der Waals surface area contributed by atoms with Crippen LogP contribution in [-0.4, -0.2) is 19.6 Å². The van der Waals surface area contributed by atoms with E-state index in [-0.39, 0.29) is 56.5 Å². The van der Waals surface area contributed by atoms with Crippen LogP contribution in [0.1, 0.15) is 5.48 Å². The van der Waals surface area contributed by atoms with E-state index in [1.54, 1.807) is 0 Å². The number of imidazole rings is 1. The summed E-state index contributed by atoms with van der Waals surface area (Å²) in [5.41, 5.74) is 6.26. The fourth-order valence-electron chi connectivity index (χ4n) is 4.89. The molecule has 5 aromatic carbocycles. The third-order valence-corrected chi connectivity index (χ3v) is 6.75. The third kappa shape index (κ3) is 4.99. The van der Waals surface area contributed by atoms with Gasteiger partial charge in [0, 0.05) is 38.6 Å². The van der Waals surface area contributed by atoms with Crippen molar-refractivity contribution in [1.82, 2.24) is 14.5 Å². The van der Waals surface area contributed by atoms with E-state index in [1.165, 1.54) is 18.3 Å². The van der Waals surface area contributed by atoms with Crippen molar-refractivity contribution < 1.29 is 31.7 Å². The largest absolute Gasteiger partial charge is 0.507 e. The molecule has 200 valence electrons. The summed E-state index contributed by atoms with van der Waals surface area (Å²) in [7, 11) is 0. The predicted molar refractivity (Wildman–Crippen MR) is 161 cm³/mol. The first-order valence-corrected chi connectivity index (χ1v) is 12.8. The predicted octanol–water partition coefficient (Wildman–Crippen LogP) is 8.59. The first-order chi connectivity index (χ1) is 21.4. The number of fused-ring (bicyclic) bond motifs is 1. The maximum absolute atomic E-state index is 10.9. The monoisotopic (exact) mass is 713 g/mol. The van der Waals surface area contributed by atoms with Gasteiger partial charge in [-0.3, -0.25) is 9.55 Å². The number of rotatable bonds is 5. The molecule has 0 aliphatic rings. The summed E-state index contributed by atoms with van der Waals surface area (Å²) >= 11 is 0. The molecule has 0 radical (unpaired) electrons. The summed E-state index contributed by atoms with van der Waals surface area (Å²) in [6, 6.07) is 37.0. The molecule has 0 spiro atoms. The van der Waals surface area contributed by atoms with Gasteiger partial charge < -0.3 is 5.11 Å². The van der Waals surface area contributed by atoms with E-state index in [0.717, 1.165) is 27.9 Å². The van der Waals surface area contributed by atoms with E-state index in [2.05, 4.69) is 11.1 Å². The van der Waals surface area contributed by atoms with Gasteiger partial charge in [-0.2, -0.15) is 0 Å². The number of hydrogen-bond donors (Lipinski definition) is 1. The van der Waals surface area contributed by atoms with E-state index < -0.39 is 0 Å². The number of hydrogen-bond acceptors (Lipinski definition) is 3. The second-order valence-corrected chi connectivity index (χ2v) is 9.23. The topological polar surface area (TPSA) is 50.9 Å². The van der Waals surface area contributed by atoms with Crippen molar-refractivity contribution in [3.8, 4) is 56.3 Å². The zero-order valence-electron chi connectivity index (χ0n) is 25.6. The smallest absolute Gasteiger partial charge is 0.148 e. The summed E-state index contributed by atoms with van der Waals surface area (Å²) in [5.74, 6) is 0.192. The maximum Gasteiger partial charge on any atom is 0.148 e. The van der Waals surface area contributed by atoms with Crippen molar-refractivity contribution in [1.29, 1.82) is 0 Å². The number of aromatic hydroxyl groups is 1. The van der Waals surface area contributed by atoms with Crippen LogP contribution in [0.5, 0.6) is 5.75 Å². The Kier molecular flexibility index (Phi) is 6.09. The Bertz CT molecular complexity index is 2160. The molecule has 0 aliphatic carbocycles. The summed E-state index contributed by atoms with van der Waals surface area (Å²) in [4.78, 5) is 9.46. The van der Waals surface area contributed by atoms with Crippen molar-refractivity contribution in [3.63, 3.8) is 0 Å². The van der Waals surface area contributed by atoms with Crippen LogP contribution in [0.15, 0.2) is 140 Å². The van der Waals surface area contributed by atoms with E-state index in [1.807, 2.05) is 102 Å². The quantitative estimate of drug-likeness (QED) is 0.182. The molecule has 1 N–H and O–H groups in total. The zero-order valence-corrected chi connectivity index (χ0v) is 23.8. The minimum Gasteiger partial charge on any atom is -0.507 e. The first kappa shape index (κ1) is 22.0. The Balaban J connectivity index is 0.00000357. The van der Waals surface area contributed by atoms with E-state index in [9.17, 15) is 5.11 Å². The molecule has 0 atom stereocenters. The molecule has 0 unspecified atom stereocenters. The number of phenols is 1. The van der Waals surface area contributed by atoms with Gasteiger partial charge in [0.1, 0.15) is 11.6 Å². The van der Waals surface area contributed by atoms with Gasteiger partial charge >= 0.3 is 0 Å². The number of phenolic OH excluding ortho intramolecular Hbond substituents is 1. The Morgan fingerprint density at radius 2 is 1.46 bits per heavy atom. The molecule has 5 heteroatoms. The van der Waals surface area contributed by atoms with Gasteiger partial charge in [0.25, 0.3) is 0 Å². The van der Waals surface area contributed by atoms with Crippen molar-refractivity contribution in [3.05, 3.63) is 146 Å². The van der Waals surface area contributed by atoms with E-state index in [0.29, 0.717) is 28.2 Å². The molecule has 7 aromatic rings. The minimum atomic E-state index is -0.189. The Labute approximate surface area is 258 Å². The number of aromatic nitrogens is 3. The Morgan fingerprint density at radius 1 is 0.707 bits per heavy atom. The Morgan fingerprint density at radius 3 is 2.27 bits per heavy atom. The standard InChI is InChI=1S/C36H24N3O.Pt/c40-34-20-8-7-17-31(34)36-38-35-30(18-10-19-33(35)39(36)29-15-5-2-6-16-29)27-13-9-14-28(23-27)32-24-26(21-22-37-32)25-11-3-1-4-12-25;/h1-22,24,40H;/q-1;/i8D,17D,21D,24D;. The fraction of sp³-hybridized carbons (Fsp3) is 0. The molecule has 0 amide bonds. The summed E-state index contributed by atoms with van der Waals surface area (Å²) in [5, 5.41) is 10.9. The van der Waals surface area contributed by atoms with Crippen molar-refractivity contribution in [2.24, 2.45) is 0 Å². The molecule has 0 bridgehead atoms. The van der Waals surface area contributed by atoms with Crippen LogP contribution >= 0.6 is 0 Å². The molecule has 0 fully saturated rings. The van der Waals surface area contributed by atoms with Gasteiger partial charge in [-0.15, -0.1) is 29.8 Å². The molecular weight excluding hydrogens is 685 g/mol. The molecule has 0 saturated heterocycles. The fourth-order valence-corrected chi connectivity index (χ4v) is 4.89. The van der Waals surface area contributed by atoms with Crippen LogP contribution < -0.4 is 0 Å². The SMILES string of the molecule is [2H]c1cc([2H])c(-c2nc3c(-c4[c-]c(-c5ncc([2H])c(-c6ccccc6)c5[2H])ccc4)cccc3n2-c2ccccc2)c(O)c1.[Pt]. The number of nitrogens with zero attached hydrogens (tertiary/aromatic N) is 3. The summed E-state index contributed by atoms with van der Waals surface area (Å²) < 4.78 is 35.9. The number of para-hydroxylation sites is 3. The summed E-state index contributed by atoms with van der Waals surface area (Å²) in [6.45, 7) is 0. The minimum absolute atomic E-state index is 0. The van der Waals surface area contributed by atoms with Crippen molar-refractivity contribution >= 4 is 11.0 Å². The van der Waals surface area contributed by atoms with Crippen molar-refractivity contribution in [2.45, 2.75) is 0 Å². The van der Waals surface area contributed by atoms with Crippen LogP contribution in [0.3, 0.4) is 0 Å². The van der Waals surface area contributed by atoms with Gasteiger partial charge in [0.15, 0.2) is 0 Å². The second-order valence-electron chi connectivity index (χ2n) is 9.23. The molecule has 4 nitrogen and oxygen atoms in total. The van der Waals surface area contributed by atoms with E-state index >= 15 is 0 Å². The van der Waals surface area contributed by atoms with Crippen molar-refractivity contribution in [2.75, 3.05) is 0 Å². The van der Waals surface area contributed by atoms with Crippen LogP contribution in [0.4, 0.5) is 0 Å². The normalized spacial score (nSPS) is 12.2. The van der Waals surface area contributed by atoms with Crippen LogP contribution in [0.2, 0.25) is 0 Å². The van der Waals surface area contributed by atoms with Crippen LogP contribution in [-0.2, 0) is 21.1 Å². The molecule has 0 aliphatic heterocycles. The van der Waals surface area contributed by atoms with Gasteiger partial charge in [-0.05, 0) is 47.5 Å². The van der Waals surface area contributed by atoms with Gasteiger partial charge in [-0.1, -0.05) is 89.9 Å². The summed E-state index contributed by atoms with van der Waals surface area (Å²) in [6.07, 6.45) is 1.47. The average Bonchev–Trinajstić information content (AvgIpc) is 3.41. The molecule has 41 heavy (non-hydrogen) atoms. The molecular formula is C36H24N3OPt-. The molecule has 2 aromatic heterocycles. The molecule has 7 rings (SSSR count). The average molecular weight is 714 g/mol. The van der Waals surface area contributed by atoms with Gasteiger partial charge in [0.05, 0.1) is 22.1 Å². The molecule has 0 saturated carbocycles. The first-order valence-electron chi connectivity index (χ1n) is 14.8. The number of benzene rings is 5. The molecule has 2 heterocycles. The Hall–Kier alpha value is -4.79. The van der Waals surface area contributed by atoms with Crippen LogP contribution in [0, 0.1) is 6.07 Å². The van der Waals surface area contributed by atoms with Gasteiger partial charge in [-0.25, -0.2) is 4.98 Å². The van der Waals surface area contributed by atoms with E-state index in [4.69, 9.17) is 10.5 Å². The maximum atomic E-state index is 10.9. The van der Waals surface area contributed by atoms with Gasteiger partial charge in [0.2, 0.25) is 0 Å².